The lowest BCUT2D eigenvalue weighted by Gasteiger charge is -2.32. The Kier molecular flexibility index (Phi) is 4.98. The second-order valence-electron chi connectivity index (χ2n) is 8.10. The summed E-state index contributed by atoms with van der Waals surface area (Å²) in [5, 5.41) is 0.933. The lowest BCUT2D eigenvalue weighted by Crippen LogP contribution is -2.42. The summed E-state index contributed by atoms with van der Waals surface area (Å²) < 4.78 is 31.1. The first kappa shape index (κ1) is 21.0. The van der Waals surface area contributed by atoms with Crippen LogP contribution in [-0.4, -0.2) is 18.9 Å². The zero-order valence-electron chi connectivity index (χ0n) is 17.6. The van der Waals surface area contributed by atoms with E-state index in [0.29, 0.717) is 5.82 Å². The predicted molar refractivity (Wildman–Crippen MR) is 129 cm³/mol. The van der Waals surface area contributed by atoms with Gasteiger partial charge in [-0.2, -0.15) is 4.31 Å². The molecule has 0 bridgehead atoms. The predicted octanol–water partition coefficient (Wildman–Crippen LogP) is 5.51. The highest BCUT2D eigenvalue weighted by atomic mass is 79.9. The molecule has 3 aromatic carbocycles. The van der Waals surface area contributed by atoms with Gasteiger partial charge in [0.25, 0.3) is 10.0 Å². The average Bonchev–Trinajstić information content (AvgIpc) is 3.05. The maximum atomic E-state index is 13.7. The van der Waals surface area contributed by atoms with E-state index in [1.807, 2.05) is 67.1 Å². The Morgan fingerprint density at radius 1 is 0.969 bits per heavy atom. The minimum Gasteiger partial charge on any atom is -0.329 e. The van der Waals surface area contributed by atoms with Gasteiger partial charge in [-0.05, 0) is 42.8 Å². The topological polar surface area (TPSA) is 59.4 Å². The molecule has 0 fully saturated rings. The molecule has 1 aliphatic rings. The summed E-state index contributed by atoms with van der Waals surface area (Å²) in [6.45, 7) is 1.90. The second-order valence-corrected chi connectivity index (χ2v) is 10.8. The Hall–Kier alpha value is -2.90. The SMILES string of the molecule is Cc1ccc(S(=O)(=O)N2C(=O)C[C@@H](c3ccccc3)c3c2n(C)c2ccc(Br)cc32)cc1. The van der Waals surface area contributed by atoms with E-state index in [1.165, 1.54) is 0 Å². The number of fused-ring (bicyclic) bond motifs is 3. The highest BCUT2D eigenvalue weighted by molar-refractivity contribution is 9.10. The molecule has 0 radical (unpaired) electrons. The van der Waals surface area contributed by atoms with Gasteiger partial charge in [-0.15, -0.1) is 0 Å². The van der Waals surface area contributed by atoms with Crippen LogP contribution in [0.25, 0.3) is 10.9 Å². The number of hydrogen-bond donors (Lipinski definition) is 0. The highest BCUT2D eigenvalue weighted by Crippen LogP contribution is 2.47. The van der Waals surface area contributed by atoms with Gasteiger partial charge in [-0.25, -0.2) is 8.42 Å². The van der Waals surface area contributed by atoms with Crippen molar-refractivity contribution >= 4 is 48.6 Å². The van der Waals surface area contributed by atoms with E-state index in [9.17, 15) is 13.2 Å². The summed E-state index contributed by atoms with van der Waals surface area (Å²) in [4.78, 5) is 13.6. The van der Waals surface area contributed by atoms with Crippen molar-refractivity contribution in [3.8, 4) is 0 Å². The van der Waals surface area contributed by atoms with Crippen LogP contribution >= 0.6 is 15.9 Å². The van der Waals surface area contributed by atoms with Gasteiger partial charge in [0.2, 0.25) is 5.91 Å². The molecule has 5 rings (SSSR count). The van der Waals surface area contributed by atoms with E-state index in [0.717, 1.165) is 36.4 Å². The fraction of sp³-hybridized carbons (Fsp3) is 0.160. The van der Waals surface area contributed by atoms with Gasteiger partial charge in [0.15, 0.2) is 0 Å². The standard InChI is InChI=1S/C25H21BrN2O3S/c1-16-8-11-19(12-9-16)32(30,31)28-23(29)15-20(17-6-4-3-5-7-17)24-21-14-18(26)10-13-22(21)27(2)25(24)28/h3-14,20H,15H2,1-2H3/t20-/m0/s1. The number of carbonyl (C=O) groups excluding carboxylic acids is 1. The first-order valence-electron chi connectivity index (χ1n) is 10.3. The van der Waals surface area contributed by atoms with Crippen LogP contribution in [0.4, 0.5) is 5.82 Å². The Labute approximate surface area is 195 Å². The number of aromatic nitrogens is 1. The molecule has 32 heavy (non-hydrogen) atoms. The molecule has 2 heterocycles. The van der Waals surface area contributed by atoms with Gasteiger partial charge in [0, 0.05) is 40.3 Å². The summed E-state index contributed by atoms with van der Waals surface area (Å²) in [5.74, 6) is -0.262. The maximum absolute atomic E-state index is 13.7. The number of nitrogens with zero attached hydrogens (tertiary/aromatic N) is 2. The van der Waals surface area contributed by atoms with Crippen LogP contribution in [0.5, 0.6) is 0 Å². The molecule has 0 unspecified atom stereocenters. The molecular formula is C25H21BrN2O3S. The number of hydrogen-bond acceptors (Lipinski definition) is 3. The van der Waals surface area contributed by atoms with Gasteiger partial charge in [-0.3, -0.25) is 4.79 Å². The van der Waals surface area contributed by atoms with Gasteiger partial charge >= 0.3 is 0 Å². The molecule has 5 nitrogen and oxygen atoms in total. The Morgan fingerprint density at radius 2 is 1.66 bits per heavy atom. The van der Waals surface area contributed by atoms with Crippen LogP contribution in [0, 0.1) is 6.92 Å². The third-order valence-electron chi connectivity index (χ3n) is 6.08. The van der Waals surface area contributed by atoms with Gasteiger partial charge in [-0.1, -0.05) is 64.0 Å². The fourth-order valence-electron chi connectivity index (χ4n) is 4.53. The smallest absolute Gasteiger partial charge is 0.272 e. The van der Waals surface area contributed by atoms with Crippen molar-refractivity contribution in [3.05, 3.63) is 94.0 Å². The van der Waals surface area contributed by atoms with Crippen molar-refractivity contribution < 1.29 is 13.2 Å². The Balaban J connectivity index is 1.81. The van der Waals surface area contributed by atoms with Crippen molar-refractivity contribution in [2.45, 2.75) is 24.2 Å². The van der Waals surface area contributed by atoms with E-state index in [4.69, 9.17) is 0 Å². The minimum absolute atomic E-state index is 0.0771. The summed E-state index contributed by atoms with van der Waals surface area (Å²) in [6, 6.07) is 22.3. The highest BCUT2D eigenvalue weighted by Gasteiger charge is 2.43. The molecule has 7 heteroatoms. The van der Waals surface area contributed by atoms with Gasteiger partial charge < -0.3 is 4.57 Å². The quantitative estimate of drug-likeness (QED) is 0.366. The third-order valence-corrected chi connectivity index (χ3v) is 8.29. The summed E-state index contributed by atoms with van der Waals surface area (Å²) >= 11 is 3.55. The van der Waals surface area contributed by atoms with E-state index < -0.39 is 15.9 Å². The van der Waals surface area contributed by atoms with Crippen molar-refractivity contribution in [2.24, 2.45) is 7.05 Å². The average molecular weight is 509 g/mol. The van der Waals surface area contributed by atoms with Gasteiger partial charge in [0.05, 0.1) is 4.90 Å². The first-order valence-corrected chi connectivity index (χ1v) is 12.5. The molecular weight excluding hydrogens is 488 g/mol. The van der Waals surface area contributed by atoms with Crippen molar-refractivity contribution in [1.29, 1.82) is 0 Å². The summed E-state index contributed by atoms with van der Waals surface area (Å²) in [5.41, 5.74) is 3.67. The summed E-state index contributed by atoms with van der Waals surface area (Å²) in [7, 11) is -2.26. The molecule has 0 saturated carbocycles. The van der Waals surface area contributed by atoms with E-state index in [1.54, 1.807) is 24.3 Å². The molecule has 0 spiro atoms. The molecule has 1 aromatic heterocycles. The van der Waals surface area contributed by atoms with Crippen molar-refractivity contribution in [3.63, 3.8) is 0 Å². The van der Waals surface area contributed by atoms with Crippen molar-refractivity contribution in [1.82, 2.24) is 4.57 Å². The van der Waals surface area contributed by atoms with E-state index in [-0.39, 0.29) is 17.2 Å². The number of benzene rings is 3. The number of amides is 1. The molecule has 1 atom stereocenters. The zero-order chi connectivity index (χ0) is 22.6. The molecule has 0 N–H and O–H groups in total. The third kappa shape index (κ3) is 3.19. The fourth-order valence-corrected chi connectivity index (χ4v) is 6.38. The van der Waals surface area contributed by atoms with Crippen LogP contribution in [0.1, 0.15) is 29.0 Å². The lowest BCUT2D eigenvalue weighted by atomic mass is 9.85. The second kappa shape index (κ2) is 7.60. The molecule has 162 valence electrons. The van der Waals surface area contributed by atoms with E-state index in [2.05, 4.69) is 15.9 Å². The first-order chi connectivity index (χ1) is 15.3. The van der Waals surface area contributed by atoms with Crippen molar-refractivity contribution in [2.75, 3.05) is 4.31 Å². The number of anilines is 1. The van der Waals surface area contributed by atoms with Crippen LogP contribution in [0.2, 0.25) is 0 Å². The lowest BCUT2D eigenvalue weighted by molar-refractivity contribution is -0.118. The van der Waals surface area contributed by atoms with Crippen LogP contribution in [-0.2, 0) is 21.9 Å². The van der Waals surface area contributed by atoms with Crippen LogP contribution in [0.15, 0.2) is 82.2 Å². The normalized spacial score (nSPS) is 16.4. The Bertz CT molecular complexity index is 1460. The molecule has 0 aliphatic carbocycles. The number of halogens is 1. The maximum Gasteiger partial charge on any atom is 0.272 e. The minimum atomic E-state index is -4.08. The largest absolute Gasteiger partial charge is 0.329 e. The number of aryl methyl sites for hydroxylation is 2. The number of sulfonamides is 1. The molecule has 0 saturated heterocycles. The van der Waals surface area contributed by atoms with Gasteiger partial charge in [0.1, 0.15) is 5.82 Å². The van der Waals surface area contributed by atoms with Crippen LogP contribution < -0.4 is 4.31 Å². The zero-order valence-corrected chi connectivity index (χ0v) is 20.0. The number of rotatable bonds is 3. The van der Waals surface area contributed by atoms with E-state index >= 15 is 0 Å². The summed E-state index contributed by atoms with van der Waals surface area (Å²) in [6.07, 6.45) is 0.0771. The van der Waals surface area contributed by atoms with Crippen LogP contribution in [0.3, 0.4) is 0 Å². The molecule has 4 aromatic rings. The monoisotopic (exact) mass is 508 g/mol. The number of carbonyl (C=O) groups is 1. The molecule has 1 aliphatic heterocycles. The molecule has 1 amide bonds. The Morgan fingerprint density at radius 3 is 2.34 bits per heavy atom.